The Morgan fingerprint density at radius 3 is 2.42 bits per heavy atom. The molecule has 24 heavy (non-hydrogen) atoms. The van der Waals surface area contributed by atoms with Gasteiger partial charge in [-0.15, -0.1) is 0 Å². The van der Waals surface area contributed by atoms with E-state index in [0.29, 0.717) is 0 Å². The molecule has 130 valence electrons. The van der Waals surface area contributed by atoms with Crippen LogP contribution in [0.15, 0.2) is 24.3 Å². The van der Waals surface area contributed by atoms with Gasteiger partial charge in [0.05, 0.1) is 6.10 Å². The molecule has 1 N–H and O–H groups in total. The van der Waals surface area contributed by atoms with Gasteiger partial charge in [0.2, 0.25) is 5.91 Å². The highest BCUT2D eigenvalue weighted by molar-refractivity contribution is 5.83. The number of hydrogen-bond donors (Lipinski definition) is 1. The first-order chi connectivity index (χ1) is 11.6. The predicted octanol–water partition coefficient (Wildman–Crippen LogP) is 1.99. The molecule has 2 aliphatic carbocycles. The van der Waals surface area contributed by atoms with Gasteiger partial charge in [-0.3, -0.25) is 9.69 Å². The Kier molecular flexibility index (Phi) is 4.31. The minimum absolute atomic E-state index is 0.0686. The lowest BCUT2D eigenvalue weighted by Crippen LogP contribution is -2.54. The molecule has 0 spiro atoms. The van der Waals surface area contributed by atoms with Gasteiger partial charge >= 0.3 is 0 Å². The molecule has 1 aromatic rings. The third-order valence-electron chi connectivity index (χ3n) is 5.94. The van der Waals surface area contributed by atoms with E-state index in [-0.39, 0.29) is 35.7 Å². The molecule has 1 saturated heterocycles. The smallest absolute Gasteiger partial charge is 0.226 e. The van der Waals surface area contributed by atoms with E-state index in [1.54, 1.807) is 12.1 Å². The molecule has 4 atom stereocenters. The molecule has 1 aliphatic heterocycles. The van der Waals surface area contributed by atoms with Crippen LogP contribution in [0.2, 0.25) is 0 Å². The van der Waals surface area contributed by atoms with E-state index in [4.69, 9.17) is 0 Å². The number of carbonyl (C=O) groups excluding carboxylic acids is 1. The maximum Gasteiger partial charge on any atom is 0.226 e. The van der Waals surface area contributed by atoms with Gasteiger partial charge in [0.15, 0.2) is 0 Å². The Bertz CT molecular complexity index is 598. The van der Waals surface area contributed by atoms with Gasteiger partial charge < -0.3 is 10.0 Å². The molecule has 2 saturated carbocycles. The second-order valence-corrected chi connectivity index (χ2v) is 7.43. The first-order valence-corrected chi connectivity index (χ1v) is 9.10. The van der Waals surface area contributed by atoms with Gasteiger partial charge in [0.25, 0.3) is 0 Å². The maximum absolute atomic E-state index is 13.0. The van der Waals surface area contributed by atoms with E-state index in [9.17, 15) is 14.3 Å². The zero-order valence-corrected chi connectivity index (χ0v) is 13.9. The lowest BCUT2D eigenvalue weighted by Gasteiger charge is -2.39. The van der Waals surface area contributed by atoms with Crippen LogP contribution < -0.4 is 0 Å². The summed E-state index contributed by atoms with van der Waals surface area (Å²) in [5, 5.41) is 10.0. The zero-order valence-electron chi connectivity index (χ0n) is 13.9. The molecular formula is C19H25FN2O2. The van der Waals surface area contributed by atoms with E-state index in [1.165, 1.54) is 12.1 Å². The van der Waals surface area contributed by atoms with Crippen LogP contribution in [-0.4, -0.2) is 59.1 Å². The summed E-state index contributed by atoms with van der Waals surface area (Å²) in [6.07, 6.45) is 3.77. The van der Waals surface area contributed by atoms with Crippen molar-refractivity contribution < 1.29 is 14.3 Å². The Hall–Kier alpha value is -1.46. The standard InChI is InChI=1S/C19H25FN2O2/c20-14-6-4-13(5-7-14)15-12-16(15)19(24)22-10-8-21(9-11-22)17-2-1-3-18(17)23/h4-7,15-18,23H,1-3,8-12H2/t15-,16-,17+,18-/m1/s1. The van der Waals surface area contributed by atoms with Gasteiger partial charge in [0, 0.05) is 38.1 Å². The summed E-state index contributed by atoms with van der Waals surface area (Å²) in [6, 6.07) is 6.83. The quantitative estimate of drug-likeness (QED) is 0.921. The Balaban J connectivity index is 1.30. The third-order valence-corrected chi connectivity index (χ3v) is 5.94. The molecule has 1 heterocycles. The van der Waals surface area contributed by atoms with Crippen LogP contribution in [0.3, 0.4) is 0 Å². The number of carbonyl (C=O) groups is 1. The number of piperazine rings is 1. The van der Waals surface area contributed by atoms with E-state index < -0.39 is 0 Å². The summed E-state index contributed by atoms with van der Waals surface area (Å²) in [5.41, 5.74) is 1.07. The molecular weight excluding hydrogens is 307 g/mol. The topological polar surface area (TPSA) is 43.8 Å². The summed E-state index contributed by atoms with van der Waals surface area (Å²) in [6.45, 7) is 3.24. The van der Waals surface area contributed by atoms with Crippen LogP contribution in [0.5, 0.6) is 0 Å². The van der Waals surface area contributed by atoms with Gasteiger partial charge in [-0.1, -0.05) is 12.1 Å². The fourth-order valence-electron chi connectivity index (χ4n) is 4.40. The van der Waals surface area contributed by atoms with Gasteiger partial charge in [-0.05, 0) is 49.3 Å². The summed E-state index contributed by atoms with van der Waals surface area (Å²) in [7, 11) is 0. The van der Waals surface area contributed by atoms with Crippen LogP contribution in [0.1, 0.15) is 37.2 Å². The highest BCUT2D eigenvalue weighted by atomic mass is 19.1. The summed E-state index contributed by atoms with van der Waals surface area (Å²) in [5.74, 6) is 0.343. The molecule has 0 aromatic heterocycles. The van der Waals surface area contributed by atoms with Crippen molar-refractivity contribution >= 4 is 5.91 Å². The molecule has 5 heteroatoms. The summed E-state index contributed by atoms with van der Waals surface area (Å²) >= 11 is 0. The average Bonchev–Trinajstić information content (AvgIpc) is 3.29. The molecule has 1 aromatic carbocycles. The van der Waals surface area contributed by atoms with Crippen molar-refractivity contribution in [3.05, 3.63) is 35.6 Å². The SMILES string of the molecule is O=C([C@@H]1C[C@@H]1c1ccc(F)cc1)N1CCN([C@H]2CCC[C@H]2O)CC1. The minimum atomic E-state index is -0.229. The lowest BCUT2D eigenvalue weighted by molar-refractivity contribution is -0.135. The van der Waals surface area contributed by atoms with Crippen molar-refractivity contribution in [3.63, 3.8) is 0 Å². The Labute approximate surface area is 142 Å². The van der Waals surface area contributed by atoms with Gasteiger partial charge in [-0.2, -0.15) is 0 Å². The summed E-state index contributed by atoms with van der Waals surface area (Å²) < 4.78 is 13.0. The third kappa shape index (κ3) is 3.07. The summed E-state index contributed by atoms with van der Waals surface area (Å²) in [4.78, 5) is 17.0. The average molecular weight is 332 g/mol. The van der Waals surface area contributed by atoms with Crippen LogP contribution in [0.4, 0.5) is 4.39 Å². The molecule has 3 fully saturated rings. The molecule has 4 nitrogen and oxygen atoms in total. The van der Waals surface area contributed by atoms with Crippen molar-refractivity contribution in [3.8, 4) is 0 Å². The van der Waals surface area contributed by atoms with Crippen molar-refractivity contribution in [2.75, 3.05) is 26.2 Å². The van der Waals surface area contributed by atoms with E-state index in [1.807, 2.05) is 4.90 Å². The number of aliphatic hydroxyl groups is 1. The Morgan fingerprint density at radius 1 is 1.08 bits per heavy atom. The first-order valence-electron chi connectivity index (χ1n) is 9.10. The number of rotatable bonds is 3. The number of hydrogen-bond acceptors (Lipinski definition) is 3. The predicted molar refractivity (Wildman–Crippen MR) is 89.0 cm³/mol. The zero-order chi connectivity index (χ0) is 16.7. The fraction of sp³-hybridized carbons (Fsp3) is 0.632. The normalized spacial score (nSPS) is 33.7. The molecule has 3 aliphatic rings. The molecule has 0 radical (unpaired) electrons. The number of nitrogens with zero attached hydrogens (tertiary/aromatic N) is 2. The van der Waals surface area contributed by atoms with Crippen molar-refractivity contribution in [2.24, 2.45) is 5.92 Å². The number of amides is 1. The second kappa shape index (κ2) is 6.45. The van der Waals surface area contributed by atoms with E-state index in [0.717, 1.165) is 57.4 Å². The Morgan fingerprint density at radius 2 is 1.79 bits per heavy atom. The molecule has 1 amide bonds. The van der Waals surface area contributed by atoms with Crippen molar-refractivity contribution in [1.82, 2.24) is 9.80 Å². The van der Waals surface area contributed by atoms with Gasteiger partial charge in [0.1, 0.15) is 5.82 Å². The highest BCUT2D eigenvalue weighted by Gasteiger charge is 2.46. The maximum atomic E-state index is 13.0. The monoisotopic (exact) mass is 332 g/mol. The molecule has 4 rings (SSSR count). The molecule has 0 bridgehead atoms. The number of halogens is 1. The van der Waals surface area contributed by atoms with Crippen LogP contribution in [0, 0.1) is 11.7 Å². The fourth-order valence-corrected chi connectivity index (χ4v) is 4.40. The van der Waals surface area contributed by atoms with Crippen molar-refractivity contribution in [2.45, 2.75) is 43.7 Å². The minimum Gasteiger partial charge on any atom is -0.391 e. The van der Waals surface area contributed by atoms with Crippen molar-refractivity contribution in [1.29, 1.82) is 0 Å². The van der Waals surface area contributed by atoms with Crippen LogP contribution in [-0.2, 0) is 4.79 Å². The second-order valence-electron chi connectivity index (χ2n) is 7.43. The van der Waals surface area contributed by atoms with Crippen LogP contribution >= 0.6 is 0 Å². The number of aliphatic hydroxyl groups excluding tert-OH is 1. The first kappa shape index (κ1) is 16.0. The largest absolute Gasteiger partial charge is 0.391 e. The van der Waals surface area contributed by atoms with Gasteiger partial charge in [-0.25, -0.2) is 4.39 Å². The number of benzene rings is 1. The highest BCUT2D eigenvalue weighted by Crippen LogP contribution is 2.48. The van der Waals surface area contributed by atoms with E-state index >= 15 is 0 Å². The van der Waals surface area contributed by atoms with E-state index in [2.05, 4.69) is 4.90 Å². The van der Waals surface area contributed by atoms with Crippen LogP contribution in [0.25, 0.3) is 0 Å². The lowest BCUT2D eigenvalue weighted by atomic mass is 10.1. The molecule has 0 unspecified atom stereocenters.